The maximum Gasteiger partial charge on any atom is 0.269 e. The first kappa shape index (κ1) is 14.5. The van der Waals surface area contributed by atoms with Crippen molar-refractivity contribution in [2.45, 2.75) is 6.61 Å². The fraction of sp³-hybridized carbons (Fsp3) is 0.0769. The molecule has 0 aliphatic rings. The van der Waals surface area contributed by atoms with Crippen LogP contribution in [0.4, 0.5) is 11.4 Å². The molecular weight excluding hydrogens is 373 g/mol. The lowest BCUT2D eigenvalue weighted by Crippen LogP contribution is -2.10. The minimum absolute atomic E-state index is 0.00485. The van der Waals surface area contributed by atoms with Crippen molar-refractivity contribution in [3.05, 3.63) is 61.7 Å². The monoisotopic (exact) mass is 385 g/mol. The summed E-state index contributed by atoms with van der Waals surface area (Å²) in [6, 6.07) is 11.9. The van der Waals surface area contributed by atoms with Crippen LogP contribution in [0, 0.1) is 13.7 Å². The van der Waals surface area contributed by atoms with Gasteiger partial charge < -0.3 is 10.2 Å². The molecule has 20 heavy (non-hydrogen) atoms. The van der Waals surface area contributed by atoms with Crippen molar-refractivity contribution in [1.29, 1.82) is 0 Å². The van der Waals surface area contributed by atoms with Crippen LogP contribution in [-0.2, 0) is 6.61 Å². The minimum Gasteiger partial charge on any atom is -0.489 e. The van der Waals surface area contributed by atoms with E-state index in [1.54, 1.807) is 6.07 Å². The molecule has 6 nitrogen and oxygen atoms in total. The number of non-ortho nitro benzene ring substituents is 1. The number of nitrogens with two attached hydrogens (primary N) is 1. The van der Waals surface area contributed by atoms with Gasteiger partial charge in [-0.3, -0.25) is 16.0 Å². The quantitative estimate of drug-likeness (QED) is 0.357. The summed E-state index contributed by atoms with van der Waals surface area (Å²) >= 11 is 2.19. The van der Waals surface area contributed by atoms with Crippen molar-refractivity contribution < 1.29 is 9.66 Å². The number of hydrazine groups is 1. The Balaban J connectivity index is 2.19. The summed E-state index contributed by atoms with van der Waals surface area (Å²) in [5, 5.41) is 10.8. The Hall–Kier alpha value is -1.87. The molecule has 0 aliphatic carbocycles. The fourth-order valence-corrected chi connectivity index (χ4v) is 2.19. The molecule has 0 unspecified atom stereocenters. The predicted octanol–water partition coefficient (Wildman–Crippen LogP) is 3.06. The smallest absolute Gasteiger partial charge is 0.269 e. The number of nitro groups is 1. The highest BCUT2D eigenvalue weighted by atomic mass is 127. The number of nitrogens with zero attached hydrogens (tertiary/aromatic N) is 1. The highest BCUT2D eigenvalue weighted by molar-refractivity contribution is 14.1. The second-order valence-corrected chi connectivity index (χ2v) is 5.23. The Morgan fingerprint density at radius 3 is 2.75 bits per heavy atom. The largest absolute Gasteiger partial charge is 0.489 e. The molecule has 0 spiro atoms. The van der Waals surface area contributed by atoms with Gasteiger partial charge in [0.15, 0.2) is 0 Å². The van der Waals surface area contributed by atoms with Crippen molar-refractivity contribution in [2.75, 3.05) is 5.43 Å². The van der Waals surface area contributed by atoms with Crippen LogP contribution in [0.25, 0.3) is 0 Å². The number of hydrogen-bond donors (Lipinski definition) is 2. The van der Waals surface area contributed by atoms with Crippen LogP contribution in [0.3, 0.4) is 0 Å². The highest BCUT2D eigenvalue weighted by Gasteiger charge is 2.11. The molecule has 0 saturated heterocycles. The van der Waals surface area contributed by atoms with E-state index in [0.29, 0.717) is 17.0 Å². The van der Waals surface area contributed by atoms with E-state index in [1.165, 1.54) is 12.1 Å². The van der Waals surface area contributed by atoms with Crippen LogP contribution in [0.1, 0.15) is 5.56 Å². The van der Waals surface area contributed by atoms with E-state index >= 15 is 0 Å². The van der Waals surface area contributed by atoms with Crippen molar-refractivity contribution in [1.82, 2.24) is 0 Å². The number of nitrogens with one attached hydrogen (secondary N) is 1. The SMILES string of the molecule is NNc1ccc([N+](=O)[O-])cc1COc1cccc(I)c1. The summed E-state index contributed by atoms with van der Waals surface area (Å²) < 4.78 is 6.68. The average molecular weight is 385 g/mol. The number of anilines is 1. The van der Waals surface area contributed by atoms with Crippen molar-refractivity contribution in [2.24, 2.45) is 5.84 Å². The lowest BCUT2D eigenvalue weighted by molar-refractivity contribution is -0.384. The molecule has 0 saturated carbocycles. The maximum absolute atomic E-state index is 10.8. The molecular formula is C13H12IN3O3. The number of nitrogen functional groups attached to an aromatic ring is 1. The van der Waals surface area contributed by atoms with Gasteiger partial charge in [-0.15, -0.1) is 0 Å². The molecule has 2 rings (SSSR count). The third kappa shape index (κ3) is 3.58. The molecule has 0 atom stereocenters. The van der Waals surface area contributed by atoms with E-state index in [2.05, 4.69) is 28.0 Å². The van der Waals surface area contributed by atoms with E-state index < -0.39 is 4.92 Å². The van der Waals surface area contributed by atoms with E-state index in [9.17, 15) is 10.1 Å². The summed E-state index contributed by atoms with van der Waals surface area (Å²) in [6.07, 6.45) is 0. The summed E-state index contributed by atoms with van der Waals surface area (Å²) in [4.78, 5) is 10.3. The predicted molar refractivity (Wildman–Crippen MR) is 84.4 cm³/mol. The summed E-state index contributed by atoms with van der Waals surface area (Å²) in [5.41, 5.74) is 3.73. The third-order valence-corrected chi connectivity index (χ3v) is 3.32. The van der Waals surface area contributed by atoms with Crippen molar-refractivity contribution in [3.63, 3.8) is 0 Å². The van der Waals surface area contributed by atoms with Gasteiger partial charge in [0.25, 0.3) is 5.69 Å². The molecule has 0 bridgehead atoms. The minimum atomic E-state index is -0.449. The summed E-state index contributed by atoms with van der Waals surface area (Å²) in [7, 11) is 0. The van der Waals surface area contributed by atoms with Gasteiger partial charge in [-0.2, -0.15) is 0 Å². The van der Waals surface area contributed by atoms with E-state index in [0.717, 1.165) is 3.57 Å². The van der Waals surface area contributed by atoms with E-state index in [4.69, 9.17) is 10.6 Å². The summed E-state index contributed by atoms with van der Waals surface area (Å²) in [6.45, 7) is 0.196. The van der Waals surface area contributed by atoms with Gasteiger partial charge in [0.05, 0.1) is 10.6 Å². The molecule has 0 amide bonds. The lowest BCUT2D eigenvalue weighted by atomic mass is 10.1. The Bertz CT molecular complexity index is 634. The molecule has 0 fully saturated rings. The number of halogens is 1. The Kier molecular flexibility index (Phi) is 4.74. The van der Waals surface area contributed by atoms with Gasteiger partial charge in [0.2, 0.25) is 0 Å². The zero-order chi connectivity index (χ0) is 14.5. The molecule has 0 aromatic heterocycles. The van der Waals surface area contributed by atoms with E-state index in [1.807, 2.05) is 24.3 Å². The van der Waals surface area contributed by atoms with Gasteiger partial charge in [0, 0.05) is 21.3 Å². The van der Waals surface area contributed by atoms with Gasteiger partial charge in [-0.25, -0.2) is 0 Å². The third-order valence-electron chi connectivity index (χ3n) is 2.65. The Morgan fingerprint density at radius 1 is 1.30 bits per heavy atom. The second kappa shape index (κ2) is 6.53. The normalized spacial score (nSPS) is 10.1. The average Bonchev–Trinajstić information content (AvgIpc) is 2.44. The number of nitro benzene ring substituents is 1. The van der Waals surface area contributed by atoms with Crippen molar-refractivity contribution in [3.8, 4) is 5.75 Å². The van der Waals surface area contributed by atoms with Gasteiger partial charge in [-0.1, -0.05) is 6.07 Å². The molecule has 0 radical (unpaired) electrons. The van der Waals surface area contributed by atoms with Crippen LogP contribution in [0.2, 0.25) is 0 Å². The van der Waals surface area contributed by atoms with Crippen LogP contribution in [-0.4, -0.2) is 4.92 Å². The molecule has 3 N–H and O–H groups in total. The Labute approximate surface area is 129 Å². The van der Waals surface area contributed by atoms with Gasteiger partial charge in [-0.05, 0) is 46.9 Å². The van der Waals surface area contributed by atoms with Gasteiger partial charge in [0.1, 0.15) is 12.4 Å². The fourth-order valence-electron chi connectivity index (χ4n) is 1.67. The molecule has 2 aromatic carbocycles. The first-order chi connectivity index (χ1) is 9.60. The van der Waals surface area contributed by atoms with Crippen molar-refractivity contribution >= 4 is 34.0 Å². The number of ether oxygens (including phenoxy) is 1. The number of rotatable bonds is 5. The zero-order valence-corrected chi connectivity index (χ0v) is 12.5. The number of benzene rings is 2. The van der Waals surface area contributed by atoms with Crippen LogP contribution in [0.15, 0.2) is 42.5 Å². The first-order valence-corrected chi connectivity index (χ1v) is 6.80. The van der Waals surface area contributed by atoms with Gasteiger partial charge >= 0.3 is 0 Å². The Morgan fingerprint density at radius 2 is 2.10 bits per heavy atom. The zero-order valence-electron chi connectivity index (χ0n) is 10.4. The molecule has 0 heterocycles. The van der Waals surface area contributed by atoms with Crippen LogP contribution in [0.5, 0.6) is 5.75 Å². The summed E-state index contributed by atoms with van der Waals surface area (Å²) in [5.74, 6) is 6.09. The first-order valence-electron chi connectivity index (χ1n) is 5.72. The standard InChI is InChI=1S/C13H12IN3O3/c14-10-2-1-3-12(7-10)20-8-9-6-11(17(18)19)4-5-13(9)16-15/h1-7,16H,8,15H2. The molecule has 0 aliphatic heterocycles. The van der Waals surface area contributed by atoms with Crippen LogP contribution >= 0.6 is 22.6 Å². The highest BCUT2D eigenvalue weighted by Crippen LogP contribution is 2.23. The maximum atomic E-state index is 10.8. The second-order valence-electron chi connectivity index (χ2n) is 3.99. The number of hydrogen-bond acceptors (Lipinski definition) is 5. The molecule has 7 heteroatoms. The lowest BCUT2D eigenvalue weighted by Gasteiger charge is -2.10. The molecule has 2 aromatic rings. The van der Waals surface area contributed by atoms with E-state index in [-0.39, 0.29) is 12.3 Å². The topological polar surface area (TPSA) is 90.4 Å². The molecule has 104 valence electrons. The van der Waals surface area contributed by atoms with Crippen LogP contribution < -0.4 is 16.0 Å².